The molecule has 0 amide bonds. The molecule has 0 unspecified atom stereocenters. The van der Waals surface area contributed by atoms with Crippen LogP contribution in [0.25, 0.3) is 11.0 Å². The lowest BCUT2D eigenvalue weighted by molar-refractivity contribution is 0.287. The largest absolute Gasteiger partial charge is 0.369 e. The minimum absolute atomic E-state index is 0.394. The van der Waals surface area contributed by atoms with Gasteiger partial charge in [0.05, 0.1) is 11.0 Å². The molecule has 1 aliphatic carbocycles. The fraction of sp³-hybridized carbons (Fsp3) is 0.500. The number of nitrogens with zero attached hydrogens (tertiary/aromatic N) is 2. The zero-order valence-electron chi connectivity index (χ0n) is 10.6. The Morgan fingerprint density at radius 3 is 2.83 bits per heavy atom. The van der Waals surface area contributed by atoms with Gasteiger partial charge in [0.1, 0.15) is 0 Å². The van der Waals surface area contributed by atoms with E-state index < -0.39 is 0 Å². The maximum Gasteiger partial charge on any atom is 0.201 e. The van der Waals surface area contributed by atoms with Crippen molar-refractivity contribution in [3.8, 4) is 0 Å². The quantitative estimate of drug-likeness (QED) is 0.833. The highest BCUT2D eigenvalue weighted by Gasteiger charge is 2.30. The lowest BCUT2D eigenvalue weighted by atomic mass is 9.89. The number of hydrogen-bond acceptors (Lipinski definition) is 2. The predicted octanol–water partition coefficient (Wildman–Crippen LogP) is 3.80. The first-order valence-electron chi connectivity index (χ1n) is 6.49. The Kier molecular flexibility index (Phi) is 3.00. The van der Waals surface area contributed by atoms with Crippen molar-refractivity contribution < 1.29 is 0 Å². The van der Waals surface area contributed by atoms with E-state index in [0.29, 0.717) is 11.4 Å². The van der Waals surface area contributed by atoms with Gasteiger partial charge in [0, 0.05) is 10.1 Å². The fourth-order valence-corrected chi connectivity index (χ4v) is 3.53. The van der Waals surface area contributed by atoms with E-state index in [4.69, 9.17) is 5.73 Å². The molecule has 0 spiro atoms. The van der Waals surface area contributed by atoms with Gasteiger partial charge in [0.15, 0.2) is 0 Å². The standard InChI is InChI=1S/C14H18IN3/c1-14(6-2-3-7-14)9-18-12-5-4-10(15)8-11(12)17-13(18)16/h4-5,8H,2-3,6-7,9H2,1H3,(H2,16,17). The smallest absolute Gasteiger partial charge is 0.201 e. The minimum atomic E-state index is 0.394. The van der Waals surface area contributed by atoms with Crippen LogP contribution in [-0.4, -0.2) is 9.55 Å². The normalized spacial score (nSPS) is 18.6. The van der Waals surface area contributed by atoms with Gasteiger partial charge in [-0.25, -0.2) is 4.98 Å². The molecule has 1 aliphatic rings. The Labute approximate surface area is 121 Å². The zero-order valence-corrected chi connectivity index (χ0v) is 12.8. The number of fused-ring (bicyclic) bond motifs is 1. The lowest BCUT2D eigenvalue weighted by Gasteiger charge is -2.24. The van der Waals surface area contributed by atoms with Crippen molar-refractivity contribution in [3.63, 3.8) is 0 Å². The molecular weight excluding hydrogens is 337 g/mol. The van der Waals surface area contributed by atoms with Crippen molar-refractivity contribution in [2.24, 2.45) is 5.41 Å². The molecule has 0 saturated heterocycles. The summed E-state index contributed by atoms with van der Waals surface area (Å²) in [6, 6.07) is 6.36. The van der Waals surface area contributed by atoms with Crippen LogP contribution in [0.1, 0.15) is 32.6 Å². The number of hydrogen-bond donors (Lipinski definition) is 1. The van der Waals surface area contributed by atoms with Crippen LogP contribution in [0, 0.1) is 8.99 Å². The molecule has 18 heavy (non-hydrogen) atoms. The number of benzene rings is 1. The van der Waals surface area contributed by atoms with Crippen molar-refractivity contribution in [1.29, 1.82) is 0 Å². The molecule has 2 aromatic rings. The first kappa shape index (κ1) is 12.3. The van der Waals surface area contributed by atoms with Crippen LogP contribution < -0.4 is 5.73 Å². The van der Waals surface area contributed by atoms with E-state index in [-0.39, 0.29) is 0 Å². The van der Waals surface area contributed by atoms with Crippen molar-refractivity contribution in [3.05, 3.63) is 21.8 Å². The topological polar surface area (TPSA) is 43.8 Å². The molecule has 0 bridgehead atoms. The summed E-state index contributed by atoms with van der Waals surface area (Å²) in [5, 5.41) is 0. The van der Waals surface area contributed by atoms with Crippen molar-refractivity contribution >= 4 is 39.6 Å². The first-order chi connectivity index (χ1) is 8.57. The van der Waals surface area contributed by atoms with Gasteiger partial charge in [0.2, 0.25) is 5.95 Å². The molecule has 0 radical (unpaired) electrons. The SMILES string of the molecule is CC1(Cn2c(N)nc3cc(I)ccc32)CCCC1. The average Bonchev–Trinajstić information content (AvgIpc) is 2.85. The van der Waals surface area contributed by atoms with Gasteiger partial charge >= 0.3 is 0 Å². The average molecular weight is 355 g/mol. The molecule has 0 atom stereocenters. The predicted molar refractivity (Wildman–Crippen MR) is 83.4 cm³/mol. The third kappa shape index (κ3) is 2.11. The lowest BCUT2D eigenvalue weighted by Crippen LogP contribution is -2.20. The van der Waals surface area contributed by atoms with E-state index >= 15 is 0 Å². The number of halogens is 1. The summed E-state index contributed by atoms with van der Waals surface area (Å²) < 4.78 is 3.40. The Balaban J connectivity index is 2.03. The van der Waals surface area contributed by atoms with Crippen LogP contribution in [0.3, 0.4) is 0 Å². The van der Waals surface area contributed by atoms with Crippen molar-refractivity contribution in [2.45, 2.75) is 39.2 Å². The van der Waals surface area contributed by atoms with Crippen LogP contribution in [0.4, 0.5) is 5.95 Å². The van der Waals surface area contributed by atoms with E-state index in [9.17, 15) is 0 Å². The number of aromatic nitrogens is 2. The zero-order chi connectivity index (χ0) is 12.8. The molecule has 1 heterocycles. The van der Waals surface area contributed by atoms with Crippen molar-refractivity contribution in [2.75, 3.05) is 5.73 Å². The van der Waals surface area contributed by atoms with Crippen LogP contribution in [-0.2, 0) is 6.54 Å². The Morgan fingerprint density at radius 2 is 2.11 bits per heavy atom. The first-order valence-corrected chi connectivity index (χ1v) is 7.57. The van der Waals surface area contributed by atoms with Gasteiger partial charge in [0.25, 0.3) is 0 Å². The summed E-state index contributed by atoms with van der Waals surface area (Å²) in [7, 11) is 0. The van der Waals surface area contributed by atoms with Gasteiger partial charge < -0.3 is 10.3 Å². The Bertz CT molecular complexity index is 582. The van der Waals surface area contributed by atoms with Gasteiger partial charge in [-0.3, -0.25) is 0 Å². The number of anilines is 1. The van der Waals surface area contributed by atoms with E-state index in [2.05, 4.69) is 57.3 Å². The monoisotopic (exact) mass is 355 g/mol. The molecule has 3 nitrogen and oxygen atoms in total. The molecule has 3 rings (SSSR count). The van der Waals surface area contributed by atoms with Crippen molar-refractivity contribution in [1.82, 2.24) is 9.55 Å². The highest BCUT2D eigenvalue weighted by atomic mass is 127. The van der Waals surface area contributed by atoms with E-state index in [1.165, 1.54) is 34.8 Å². The summed E-state index contributed by atoms with van der Waals surface area (Å²) >= 11 is 2.31. The third-order valence-electron chi connectivity index (χ3n) is 4.09. The fourth-order valence-electron chi connectivity index (χ4n) is 3.06. The number of imidazole rings is 1. The molecule has 96 valence electrons. The van der Waals surface area contributed by atoms with E-state index in [1.54, 1.807) is 0 Å². The highest BCUT2D eigenvalue weighted by molar-refractivity contribution is 14.1. The van der Waals surface area contributed by atoms with Crippen LogP contribution in [0.5, 0.6) is 0 Å². The van der Waals surface area contributed by atoms with Crippen LogP contribution in [0.15, 0.2) is 18.2 Å². The maximum atomic E-state index is 6.09. The number of rotatable bonds is 2. The number of nitrogen functional groups attached to an aromatic ring is 1. The summed E-state index contributed by atoms with van der Waals surface area (Å²) in [4.78, 5) is 4.48. The van der Waals surface area contributed by atoms with E-state index in [0.717, 1.165) is 12.1 Å². The summed E-state index contributed by atoms with van der Waals surface area (Å²) in [6.45, 7) is 3.37. The second-order valence-corrected chi connectivity index (χ2v) is 6.95. The van der Waals surface area contributed by atoms with Gasteiger partial charge in [-0.2, -0.15) is 0 Å². The summed E-state index contributed by atoms with van der Waals surface area (Å²) in [6.07, 6.45) is 5.30. The molecule has 1 saturated carbocycles. The second kappa shape index (κ2) is 4.40. The Hall–Kier alpha value is -0.780. The molecule has 0 aliphatic heterocycles. The second-order valence-electron chi connectivity index (χ2n) is 5.71. The maximum absolute atomic E-state index is 6.09. The summed E-state index contributed by atoms with van der Waals surface area (Å²) in [5.41, 5.74) is 8.67. The summed E-state index contributed by atoms with van der Waals surface area (Å²) in [5.74, 6) is 0.653. The van der Waals surface area contributed by atoms with Gasteiger partial charge in [-0.15, -0.1) is 0 Å². The van der Waals surface area contributed by atoms with Gasteiger partial charge in [-0.05, 0) is 59.0 Å². The molecule has 1 aromatic carbocycles. The number of nitrogens with two attached hydrogens (primary N) is 1. The molecular formula is C14H18IN3. The molecule has 1 aromatic heterocycles. The third-order valence-corrected chi connectivity index (χ3v) is 4.76. The molecule has 1 fully saturated rings. The Morgan fingerprint density at radius 1 is 1.39 bits per heavy atom. The highest BCUT2D eigenvalue weighted by Crippen LogP contribution is 2.40. The van der Waals surface area contributed by atoms with Crippen LogP contribution >= 0.6 is 22.6 Å². The van der Waals surface area contributed by atoms with E-state index in [1.807, 2.05) is 0 Å². The molecule has 4 heteroatoms. The molecule has 2 N–H and O–H groups in total. The minimum Gasteiger partial charge on any atom is -0.369 e. The van der Waals surface area contributed by atoms with Crippen LogP contribution in [0.2, 0.25) is 0 Å². The van der Waals surface area contributed by atoms with Gasteiger partial charge in [-0.1, -0.05) is 19.8 Å².